The minimum atomic E-state index is -0.238. The van der Waals surface area contributed by atoms with Crippen molar-refractivity contribution >= 4 is 11.8 Å². The van der Waals surface area contributed by atoms with Gasteiger partial charge in [0.05, 0.1) is 6.54 Å². The third-order valence-electron chi connectivity index (χ3n) is 5.09. The van der Waals surface area contributed by atoms with Gasteiger partial charge in [0.2, 0.25) is 11.8 Å². The Morgan fingerprint density at radius 3 is 2.42 bits per heavy atom. The summed E-state index contributed by atoms with van der Waals surface area (Å²) in [6.45, 7) is 2.49. The summed E-state index contributed by atoms with van der Waals surface area (Å²) in [7, 11) is 0. The van der Waals surface area contributed by atoms with Crippen molar-refractivity contribution in [3.05, 3.63) is 0 Å². The van der Waals surface area contributed by atoms with Crippen molar-refractivity contribution < 1.29 is 9.59 Å². The van der Waals surface area contributed by atoms with Crippen molar-refractivity contribution in [2.24, 2.45) is 11.8 Å². The highest BCUT2D eigenvalue weighted by Gasteiger charge is 2.43. The van der Waals surface area contributed by atoms with Crippen LogP contribution in [0.25, 0.3) is 0 Å². The number of carbonyl (C=O) groups is 2. The summed E-state index contributed by atoms with van der Waals surface area (Å²) < 4.78 is 0. The van der Waals surface area contributed by atoms with Gasteiger partial charge < -0.3 is 10.2 Å². The zero-order valence-corrected chi connectivity index (χ0v) is 11.7. The molecule has 4 nitrogen and oxygen atoms in total. The van der Waals surface area contributed by atoms with E-state index in [2.05, 4.69) is 12.2 Å². The molecule has 4 heteroatoms. The molecule has 0 aromatic carbocycles. The molecule has 2 amide bonds. The highest BCUT2D eigenvalue weighted by atomic mass is 16.2. The molecule has 3 aliphatic rings. The fourth-order valence-electron chi connectivity index (χ4n) is 3.90. The fourth-order valence-corrected chi connectivity index (χ4v) is 3.90. The molecule has 0 bridgehead atoms. The first-order valence-electron chi connectivity index (χ1n) is 7.75. The molecular formula is C15H24N2O2. The summed E-state index contributed by atoms with van der Waals surface area (Å²) in [5, 5.41) is 2.95. The topological polar surface area (TPSA) is 49.4 Å². The zero-order valence-electron chi connectivity index (χ0n) is 11.7. The molecule has 2 saturated carbocycles. The second-order valence-corrected chi connectivity index (χ2v) is 6.64. The van der Waals surface area contributed by atoms with Crippen molar-refractivity contribution in [1.82, 2.24) is 10.2 Å². The Bertz CT molecular complexity index is 370. The Morgan fingerprint density at radius 2 is 1.79 bits per heavy atom. The van der Waals surface area contributed by atoms with Crippen LogP contribution in [0.5, 0.6) is 0 Å². The van der Waals surface area contributed by atoms with Crippen LogP contribution >= 0.6 is 0 Å². The number of nitrogens with one attached hydrogen (secondary N) is 1. The molecular weight excluding hydrogens is 240 g/mol. The highest BCUT2D eigenvalue weighted by molar-refractivity contribution is 5.95. The fraction of sp³-hybridized carbons (Fsp3) is 0.867. The summed E-state index contributed by atoms with van der Waals surface area (Å²) in [6, 6.07) is 0.0806. The first-order chi connectivity index (χ1) is 9.15. The molecule has 1 aliphatic heterocycles. The van der Waals surface area contributed by atoms with Gasteiger partial charge >= 0.3 is 0 Å². The third kappa shape index (κ3) is 2.49. The predicted octanol–water partition coefficient (Wildman–Crippen LogP) is 1.69. The zero-order chi connectivity index (χ0) is 13.4. The Morgan fingerprint density at radius 1 is 1.11 bits per heavy atom. The molecule has 106 valence electrons. The van der Waals surface area contributed by atoms with E-state index in [0.29, 0.717) is 17.9 Å². The van der Waals surface area contributed by atoms with Crippen LogP contribution in [0.1, 0.15) is 51.9 Å². The van der Waals surface area contributed by atoms with Gasteiger partial charge in [0, 0.05) is 6.04 Å². The highest BCUT2D eigenvalue weighted by Crippen LogP contribution is 2.34. The van der Waals surface area contributed by atoms with Crippen molar-refractivity contribution in [3.63, 3.8) is 0 Å². The second kappa shape index (κ2) is 5.14. The molecule has 0 aromatic heterocycles. The van der Waals surface area contributed by atoms with Gasteiger partial charge in [0.1, 0.15) is 6.04 Å². The lowest BCUT2D eigenvalue weighted by Crippen LogP contribution is -2.64. The van der Waals surface area contributed by atoms with Crippen LogP contribution in [0, 0.1) is 11.8 Å². The van der Waals surface area contributed by atoms with Crippen molar-refractivity contribution in [3.8, 4) is 0 Å². The van der Waals surface area contributed by atoms with Crippen molar-refractivity contribution in [1.29, 1.82) is 0 Å². The van der Waals surface area contributed by atoms with E-state index in [4.69, 9.17) is 0 Å². The van der Waals surface area contributed by atoms with Gasteiger partial charge in [-0.25, -0.2) is 0 Å². The van der Waals surface area contributed by atoms with Crippen LogP contribution in [-0.2, 0) is 9.59 Å². The minimum absolute atomic E-state index is 0.0368. The van der Waals surface area contributed by atoms with Crippen LogP contribution in [0.4, 0.5) is 0 Å². The number of nitrogens with zero attached hydrogens (tertiary/aromatic N) is 1. The van der Waals surface area contributed by atoms with Crippen molar-refractivity contribution in [2.75, 3.05) is 6.54 Å². The van der Waals surface area contributed by atoms with E-state index in [1.54, 1.807) is 0 Å². The number of hydrogen-bond acceptors (Lipinski definition) is 2. The first kappa shape index (κ1) is 12.9. The lowest BCUT2D eigenvalue weighted by atomic mass is 9.78. The molecule has 1 saturated heterocycles. The van der Waals surface area contributed by atoms with Crippen LogP contribution in [0.3, 0.4) is 0 Å². The van der Waals surface area contributed by atoms with E-state index >= 15 is 0 Å². The summed E-state index contributed by atoms with van der Waals surface area (Å²) in [4.78, 5) is 26.4. The molecule has 1 heterocycles. The maximum atomic E-state index is 12.6. The summed E-state index contributed by atoms with van der Waals surface area (Å²) in [6.07, 6.45) is 7.98. The summed E-state index contributed by atoms with van der Waals surface area (Å²) >= 11 is 0. The monoisotopic (exact) mass is 264 g/mol. The first-order valence-corrected chi connectivity index (χ1v) is 7.75. The minimum Gasteiger partial charge on any atom is -0.342 e. The number of carbonyl (C=O) groups excluding carboxylic acids is 2. The van der Waals surface area contributed by atoms with Gasteiger partial charge in [-0.1, -0.05) is 26.2 Å². The Balaban J connectivity index is 1.69. The van der Waals surface area contributed by atoms with E-state index < -0.39 is 0 Å². The SMILES string of the molecule is CC1CC(N2CC(=O)NC(C3CCCCC3)C2=O)C1. The molecule has 1 unspecified atom stereocenters. The van der Waals surface area contributed by atoms with Gasteiger partial charge in [0.15, 0.2) is 0 Å². The van der Waals surface area contributed by atoms with E-state index in [1.165, 1.54) is 19.3 Å². The van der Waals surface area contributed by atoms with Gasteiger partial charge in [-0.3, -0.25) is 9.59 Å². The average Bonchev–Trinajstić information content (AvgIpc) is 2.39. The molecule has 19 heavy (non-hydrogen) atoms. The second-order valence-electron chi connectivity index (χ2n) is 6.64. The van der Waals surface area contributed by atoms with E-state index in [-0.39, 0.29) is 24.4 Å². The Kier molecular flexibility index (Phi) is 3.50. The van der Waals surface area contributed by atoms with E-state index in [0.717, 1.165) is 25.7 Å². The quantitative estimate of drug-likeness (QED) is 0.825. The standard InChI is InChI=1S/C15H24N2O2/c1-10-7-12(8-10)17-9-13(18)16-14(15(17)19)11-5-3-2-4-6-11/h10-12,14H,2-9H2,1H3,(H,16,18). The van der Waals surface area contributed by atoms with Crippen LogP contribution in [-0.4, -0.2) is 35.3 Å². The maximum Gasteiger partial charge on any atom is 0.246 e. The lowest BCUT2D eigenvalue weighted by molar-refractivity contribution is -0.151. The Hall–Kier alpha value is -1.06. The van der Waals surface area contributed by atoms with Gasteiger partial charge in [-0.2, -0.15) is 0 Å². The molecule has 0 radical (unpaired) electrons. The largest absolute Gasteiger partial charge is 0.342 e. The molecule has 0 spiro atoms. The van der Waals surface area contributed by atoms with Gasteiger partial charge in [-0.05, 0) is 37.5 Å². The molecule has 3 rings (SSSR count). The molecule has 1 atom stereocenters. The smallest absolute Gasteiger partial charge is 0.246 e. The lowest BCUT2D eigenvalue weighted by Gasteiger charge is -2.46. The molecule has 3 fully saturated rings. The van der Waals surface area contributed by atoms with E-state index in [1.807, 2.05) is 4.90 Å². The molecule has 1 N–H and O–H groups in total. The normalized spacial score (nSPS) is 36.9. The van der Waals surface area contributed by atoms with Crippen LogP contribution in [0.2, 0.25) is 0 Å². The average molecular weight is 264 g/mol. The molecule has 0 aromatic rings. The third-order valence-corrected chi connectivity index (χ3v) is 5.09. The predicted molar refractivity (Wildman–Crippen MR) is 72.4 cm³/mol. The summed E-state index contributed by atoms with van der Waals surface area (Å²) in [5.41, 5.74) is 0. The number of piperazine rings is 1. The van der Waals surface area contributed by atoms with Crippen LogP contribution < -0.4 is 5.32 Å². The summed E-state index contributed by atoms with van der Waals surface area (Å²) in [5.74, 6) is 1.29. The van der Waals surface area contributed by atoms with E-state index in [9.17, 15) is 9.59 Å². The number of rotatable bonds is 2. The van der Waals surface area contributed by atoms with Gasteiger partial charge in [0.25, 0.3) is 0 Å². The maximum absolute atomic E-state index is 12.6. The number of hydrogen-bond donors (Lipinski definition) is 1. The van der Waals surface area contributed by atoms with Crippen LogP contribution in [0.15, 0.2) is 0 Å². The van der Waals surface area contributed by atoms with Gasteiger partial charge in [-0.15, -0.1) is 0 Å². The van der Waals surface area contributed by atoms with Crippen molar-refractivity contribution in [2.45, 2.75) is 64.0 Å². The number of amides is 2. The Labute approximate surface area is 114 Å². The molecule has 2 aliphatic carbocycles.